The first-order chi connectivity index (χ1) is 22.7. The van der Waals surface area contributed by atoms with Gasteiger partial charge in [-0.3, -0.25) is 14.7 Å². The van der Waals surface area contributed by atoms with Gasteiger partial charge in [-0.05, 0) is 73.2 Å². The maximum Gasteiger partial charge on any atom is 0.408 e. The van der Waals surface area contributed by atoms with Gasteiger partial charge in [0.2, 0.25) is 5.91 Å². The molecule has 242 valence electrons. The standard InChI is InChI=1S/C36H35F2N5O4/c1-21-14-30-31(15-22(21)2)42-35(41-30)33-20-47-26(19-43(33)36(45)46)12-13-27-29(38)17-39-18-32(27)40-34(44)16-28(23-6-4-3-5-7-23)24-8-10-25(37)11-9-24/h3-11,14-15,17-18,26,28,33H,12-13,16,19-20H2,1-2H3,(H,40,44)(H,41,42)(H,45,46). The molecular formula is C36H35F2N5O4. The Bertz CT molecular complexity index is 1860. The fourth-order valence-corrected chi connectivity index (χ4v) is 6.10. The maximum absolute atomic E-state index is 15.1. The Morgan fingerprint density at radius 2 is 1.77 bits per heavy atom. The molecular weight excluding hydrogens is 604 g/mol. The number of aryl methyl sites for hydroxylation is 2. The third-order valence-corrected chi connectivity index (χ3v) is 8.80. The highest BCUT2D eigenvalue weighted by molar-refractivity contribution is 5.92. The van der Waals surface area contributed by atoms with Crippen LogP contribution in [0, 0.1) is 25.5 Å². The second kappa shape index (κ2) is 13.7. The Hall–Kier alpha value is -5.16. The highest BCUT2D eigenvalue weighted by atomic mass is 19.1. The van der Waals surface area contributed by atoms with Crippen LogP contribution in [0.15, 0.2) is 79.1 Å². The molecule has 3 atom stereocenters. The molecule has 0 radical (unpaired) electrons. The van der Waals surface area contributed by atoms with E-state index in [1.165, 1.54) is 23.2 Å². The zero-order valence-electron chi connectivity index (χ0n) is 26.0. The Morgan fingerprint density at radius 1 is 1.04 bits per heavy atom. The number of aromatic nitrogens is 3. The lowest BCUT2D eigenvalue weighted by Crippen LogP contribution is -2.47. The van der Waals surface area contributed by atoms with E-state index in [9.17, 15) is 19.1 Å². The molecule has 2 aromatic heterocycles. The molecule has 3 aromatic carbocycles. The molecule has 1 aliphatic heterocycles. The van der Waals surface area contributed by atoms with E-state index in [4.69, 9.17) is 4.74 Å². The minimum absolute atomic E-state index is 0.0349. The molecule has 1 aliphatic rings. The number of carbonyl (C=O) groups excluding carboxylic acids is 1. The first-order valence-electron chi connectivity index (χ1n) is 15.5. The van der Waals surface area contributed by atoms with Crippen LogP contribution >= 0.6 is 0 Å². The SMILES string of the molecule is Cc1cc2nc(C3COC(CCc4c(F)cncc4NC(=O)CC(c4ccccc4)c4ccc(F)cc4)CN3C(=O)O)[nH]c2cc1C. The van der Waals surface area contributed by atoms with E-state index < -0.39 is 24.1 Å². The number of ether oxygens (including phenoxy) is 1. The lowest BCUT2D eigenvalue weighted by atomic mass is 9.88. The van der Waals surface area contributed by atoms with Gasteiger partial charge in [-0.15, -0.1) is 0 Å². The van der Waals surface area contributed by atoms with Gasteiger partial charge in [0.15, 0.2) is 0 Å². The van der Waals surface area contributed by atoms with Crippen molar-refractivity contribution in [2.75, 3.05) is 18.5 Å². The van der Waals surface area contributed by atoms with Crippen LogP contribution in [0.25, 0.3) is 11.0 Å². The Morgan fingerprint density at radius 3 is 2.51 bits per heavy atom. The lowest BCUT2D eigenvalue weighted by molar-refractivity contribution is -0.116. The third-order valence-electron chi connectivity index (χ3n) is 8.80. The number of nitrogens with one attached hydrogen (secondary N) is 2. The minimum Gasteiger partial charge on any atom is -0.465 e. The summed E-state index contributed by atoms with van der Waals surface area (Å²) < 4.78 is 34.9. The quantitative estimate of drug-likeness (QED) is 0.159. The number of hydrogen-bond acceptors (Lipinski definition) is 5. The molecule has 0 aliphatic carbocycles. The van der Waals surface area contributed by atoms with E-state index in [1.807, 2.05) is 56.3 Å². The first kappa shape index (κ1) is 31.8. The molecule has 1 fully saturated rings. The molecule has 0 spiro atoms. The molecule has 5 aromatic rings. The summed E-state index contributed by atoms with van der Waals surface area (Å²) >= 11 is 0. The van der Waals surface area contributed by atoms with Crippen molar-refractivity contribution in [2.24, 2.45) is 0 Å². The van der Waals surface area contributed by atoms with Gasteiger partial charge < -0.3 is 20.1 Å². The van der Waals surface area contributed by atoms with Gasteiger partial charge in [0.25, 0.3) is 0 Å². The molecule has 3 unspecified atom stereocenters. The van der Waals surface area contributed by atoms with Gasteiger partial charge in [-0.1, -0.05) is 42.5 Å². The van der Waals surface area contributed by atoms with Gasteiger partial charge in [0, 0.05) is 17.9 Å². The number of nitrogens with zero attached hydrogens (tertiary/aromatic N) is 3. The zero-order valence-corrected chi connectivity index (χ0v) is 26.0. The van der Waals surface area contributed by atoms with Crippen molar-refractivity contribution in [3.05, 3.63) is 124 Å². The summed E-state index contributed by atoms with van der Waals surface area (Å²) in [5, 5.41) is 12.9. The summed E-state index contributed by atoms with van der Waals surface area (Å²) in [5.74, 6) is -1.17. The number of halogens is 2. The van der Waals surface area contributed by atoms with Crippen LogP contribution in [0.4, 0.5) is 19.3 Å². The predicted molar refractivity (Wildman–Crippen MR) is 173 cm³/mol. The number of pyridine rings is 1. The molecule has 2 amide bonds. The molecule has 0 bridgehead atoms. The average Bonchev–Trinajstić information content (AvgIpc) is 3.46. The second-order valence-electron chi connectivity index (χ2n) is 11.9. The van der Waals surface area contributed by atoms with E-state index in [-0.39, 0.29) is 54.9 Å². The number of benzene rings is 3. The van der Waals surface area contributed by atoms with Gasteiger partial charge >= 0.3 is 6.09 Å². The van der Waals surface area contributed by atoms with Crippen molar-refractivity contribution in [3.63, 3.8) is 0 Å². The van der Waals surface area contributed by atoms with Crippen molar-refractivity contribution in [3.8, 4) is 0 Å². The fourth-order valence-electron chi connectivity index (χ4n) is 6.10. The fraction of sp³-hybridized carbons (Fsp3) is 0.278. The summed E-state index contributed by atoms with van der Waals surface area (Å²) in [5.41, 5.74) is 5.92. The number of imidazole rings is 1. The second-order valence-corrected chi connectivity index (χ2v) is 11.9. The smallest absolute Gasteiger partial charge is 0.408 e. The average molecular weight is 640 g/mol. The van der Waals surface area contributed by atoms with Crippen LogP contribution in [0.5, 0.6) is 0 Å². The summed E-state index contributed by atoms with van der Waals surface area (Å²) in [6.45, 7) is 4.16. The van der Waals surface area contributed by atoms with Crippen molar-refractivity contribution >= 4 is 28.7 Å². The predicted octanol–water partition coefficient (Wildman–Crippen LogP) is 7.07. The molecule has 3 N–H and O–H groups in total. The van der Waals surface area contributed by atoms with E-state index >= 15 is 4.39 Å². The highest BCUT2D eigenvalue weighted by Crippen LogP contribution is 2.31. The lowest BCUT2D eigenvalue weighted by Gasteiger charge is -2.37. The normalized spacial score (nSPS) is 17.1. The third kappa shape index (κ3) is 7.15. The molecule has 0 saturated carbocycles. The number of morpholine rings is 1. The number of H-pyrrole nitrogens is 1. The highest BCUT2D eigenvalue weighted by Gasteiger charge is 2.35. The number of fused-ring (bicyclic) bond motifs is 1. The van der Waals surface area contributed by atoms with Gasteiger partial charge in [-0.2, -0.15) is 0 Å². The van der Waals surface area contributed by atoms with Crippen LogP contribution in [-0.4, -0.2) is 56.2 Å². The maximum atomic E-state index is 15.1. The summed E-state index contributed by atoms with van der Waals surface area (Å²) in [6.07, 6.45) is 1.40. The van der Waals surface area contributed by atoms with E-state index in [2.05, 4.69) is 20.3 Å². The van der Waals surface area contributed by atoms with Gasteiger partial charge in [0.05, 0.1) is 48.4 Å². The van der Waals surface area contributed by atoms with Crippen molar-refractivity contribution < 1.29 is 28.2 Å². The molecule has 6 rings (SSSR count). The Labute approximate surface area is 270 Å². The van der Waals surface area contributed by atoms with E-state index in [0.717, 1.165) is 39.5 Å². The number of amides is 2. The number of aromatic amines is 1. The van der Waals surface area contributed by atoms with Crippen molar-refractivity contribution in [2.45, 2.75) is 51.2 Å². The first-order valence-corrected chi connectivity index (χ1v) is 15.5. The number of hydrogen-bond donors (Lipinski definition) is 3. The van der Waals surface area contributed by atoms with Crippen LogP contribution < -0.4 is 5.32 Å². The minimum atomic E-state index is -1.10. The molecule has 11 heteroatoms. The van der Waals surface area contributed by atoms with Crippen LogP contribution in [0.2, 0.25) is 0 Å². The van der Waals surface area contributed by atoms with E-state index in [0.29, 0.717) is 12.2 Å². The zero-order chi connectivity index (χ0) is 33.1. The molecule has 3 heterocycles. The number of carbonyl (C=O) groups is 2. The monoisotopic (exact) mass is 639 g/mol. The van der Waals surface area contributed by atoms with Gasteiger partial charge in [-0.25, -0.2) is 18.6 Å². The van der Waals surface area contributed by atoms with Crippen LogP contribution in [0.1, 0.15) is 58.4 Å². The number of anilines is 1. The van der Waals surface area contributed by atoms with Crippen molar-refractivity contribution in [1.82, 2.24) is 19.9 Å². The Kier molecular flexibility index (Phi) is 9.26. The Balaban J connectivity index is 1.14. The summed E-state index contributed by atoms with van der Waals surface area (Å²) in [4.78, 5) is 38.8. The summed E-state index contributed by atoms with van der Waals surface area (Å²) in [6, 6.07) is 18.8. The van der Waals surface area contributed by atoms with Gasteiger partial charge in [0.1, 0.15) is 23.5 Å². The van der Waals surface area contributed by atoms with Crippen molar-refractivity contribution in [1.29, 1.82) is 0 Å². The van der Waals surface area contributed by atoms with Crippen LogP contribution in [-0.2, 0) is 16.0 Å². The topological polar surface area (TPSA) is 120 Å². The summed E-state index contributed by atoms with van der Waals surface area (Å²) in [7, 11) is 0. The molecule has 9 nitrogen and oxygen atoms in total. The number of rotatable bonds is 9. The largest absolute Gasteiger partial charge is 0.465 e. The number of carboxylic acid groups (broad SMARTS) is 1. The van der Waals surface area contributed by atoms with Crippen LogP contribution in [0.3, 0.4) is 0 Å². The molecule has 1 saturated heterocycles. The molecule has 47 heavy (non-hydrogen) atoms. The van der Waals surface area contributed by atoms with E-state index in [1.54, 1.807) is 12.1 Å².